The Hall–Kier alpha value is -2.18. The number of anilines is 1. The van der Waals surface area contributed by atoms with E-state index in [1.807, 2.05) is 30.3 Å². The summed E-state index contributed by atoms with van der Waals surface area (Å²) in [4.78, 5) is 12.7. The van der Waals surface area contributed by atoms with Crippen molar-refractivity contribution in [2.75, 3.05) is 5.32 Å². The second-order valence-corrected chi connectivity index (χ2v) is 10.4. The fourth-order valence-corrected chi connectivity index (χ4v) is 5.44. The molecule has 0 spiro atoms. The first-order valence-electron chi connectivity index (χ1n) is 10.5. The maximum Gasteiger partial charge on any atom is 0.354 e. The molecule has 0 heterocycles. The summed E-state index contributed by atoms with van der Waals surface area (Å²) in [6.07, 6.45) is 7.68. The van der Waals surface area contributed by atoms with Gasteiger partial charge < -0.3 is 5.32 Å². The average molecular weight is 412 g/mol. The van der Waals surface area contributed by atoms with Crippen LogP contribution in [0.2, 0.25) is 0 Å². The number of urea groups is 1. The van der Waals surface area contributed by atoms with Gasteiger partial charge in [-0.3, -0.25) is 0 Å². The summed E-state index contributed by atoms with van der Waals surface area (Å²) in [5.41, 5.74) is 7.21. The van der Waals surface area contributed by atoms with Crippen LogP contribution in [0.15, 0.2) is 40.8 Å². The lowest BCUT2D eigenvalue weighted by Gasteiger charge is -2.16. The van der Waals surface area contributed by atoms with Gasteiger partial charge in [0, 0.05) is 5.69 Å². The molecule has 0 bridgehead atoms. The number of aryl methyl sites for hydroxylation is 3. The van der Waals surface area contributed by atoms with Gasteiger partial charge in [0.25, 0.3) is 0 Å². The van der Waals surface area contributed by atoms with Crippen LogP contribution in [-0.4, -0.2) is 15.5 Å². The summed E-state index contributed by atoms with van der Waals surface area (Å²) in [5.74, 6) is 0. The number of carbonyl (C=O) groups is 1. The van der Waals surface area contributed by atoms with Gasteiger partial charge in [0.1, 0.15) is 9.92 Å². The molecular weight excluding hydrogens is 382 g/mol. The van der Waals surface area contributed by atoms with Crippen molar-refractivity contribution in [1.29, 1.82) is 0 Å². The quantitative estimate of drug-likeness (QED) is 0.756. The van der Waals surface area contributed by atoms with Crippen LogP contribution in [0.4, 0.5) is 10.5 Å². The van der Waals surface area contributed by atoms with Crippen molar-refractivity contribution >= 4 is 21.6 Å². The Kier molecular flexibility index (Phi) is 5.74. The van der Waals surface area contributed by atoms with E-state index in [2.05, 4.69) is 15.7 Å². The van der Waals surface area contributed by atoms with E-state index in [0.717, 1.165) is 56.2 Å². The minimum atomic E-state index is -3.11. The number of nitrogens with zero attached hydrogens (tertiary/aromatic N) is 1. The number of nitrogens with two attached hydrogens (primary N) is 1. The number of benzene rings is 2. The summed E-state index contributed by atoms with van der Waals surface area (Å²) in [5, 5.41) is 8.59. The first-order chi connectivity index (χ1) is 13.9. The Balaban J connectivity index is 1.50. The van der Waals surface area contributed by atoms with Gasteiger partial charge in [-0.25, -0.2) is 14.1 Å². The van der Waals surface area contributed by atoms with E-state index in [-0.39, 0.29) is 5.25 Å². The summed E-state index contributed by atoms with van der Waals surface area (Å²) in [6.45, 7) is 1.81. The number of amides is 2. The summed E-state index contributed by atoms with van der Waals surface area (Å²) in [6, 6.07) is 11.7. The molecule has 4 rings (SSSR count). The van der Waals surface area contributed by atoms with Gasteiger partial charge >= 0.3 is 6.03 Å². The molecule has 5 nitrogen and oxygen atoms in total. The van der Waals surface area contributed by atoms with Gasteiger partial charge in [-0.15, -0.1) is 4.36 Å². The molecule has 29 heavy (non-hydrogen) atoms. The molecule has 2 amide bonds. The molecule has 2 aliphatic rings. The highest BCUT2D eigenvalue weighted by Gasteiger charge is 2.25. The normalized spacial score (nSPS) is 17.9. The van der Waals surface area contributed by atoms with Crippen LogP contribution >= 0.6 is 0 Å². The maximum atomic E-state index is 12.9. The molecule has 2 aliphatic carbocycles. The van der Waals surface area contributed by atoms with Crippen molar-refractivity contribution in [3.05, 3.63) is 64.2 Å². The zero-order valence-corrected chi connectivity index (χ0v) is 17.8. The zero-order valence-electron chi connectivity index (χ0n) is 16.9. The Bertz CT molecular complexity index is 1010. The van der Waals surface area contributed by atoms with Gasteiger partial charge in [-0.1, -0.05) is 36.4 Å². The molecule has 3 N–H and O–H groups in total. The first kappa shape index (κ1) is 20.1. The molecule has 0 aromatic heterocycles. The SMILES string of the molecule is CC(CCc1ccccc1)S(N)(=O)=NC(=O)Nc1c2c(cc3c1CCC3)CCC2. The topological polar surface area (TPSA) is 84.6 Å². The highest BCUT2D eigenvalue weighted by Crippen LogP contribution is 2.38. The van der Waals surface area contributed by atoms with Crippen molar-refractivity contribution in [2.45, 2.75) is 63.5 Å². The third-order valence-corrected chi connectivity index (χ3v) is 8.03. The minimum Gasteiger partial charge on any atom is -0.305 e. The summed E-state index contributed by atoms with van der Waals surface area (Å²) < 4.78 is 16.8. The lowest BCUT2D eigenvalue weighted by molar-refractivity contribution is 0.260. The van der Waals surface area contributed by atoms with E-state index in [0.29, 0.717) is 6.42 Å². The lowest BCUT2D eigenvalue weighted by atomic mass is 9.99. The second-order valence-electron chi connectivity index (χ2n) is 8.20. The van der Waals surface area contributed by atoms with E-state index in [9.17, 15) is 9.00 Å². The van der Waals surface area contributed by atoms with Gasteiger partial charge in [0.2, 0.25) is 0 Å². The van der Waals surface area contributed by atoms with Crippen LogP contribution in [0.25, 0.3) is 0 Å². The van der Waals surface area contributed by atoms with Crippen molar-refractivity contribution in [2.24, 2.45) is 9.50 Å². The molecule has 0 aliphatic heterocycles. The largest absolute Gasteiger partial charge is 0.354 e. The number of hydrogen-bond donors (Lipinski definition) is 2. The van der Waals surface area contributed by atoms with Crippen LogP contribution in [-0.2, 0) is 42.0 Å². The maximum absolute atomic E-state index is 12.9. The lowest BCUT2D eigenvalue weighted by Crippen LogP contribution is -2.28. The van der Waals surface area contributed by atoms with E-state index >= 15 is 0 Å². The Morgan fingerprint density at radius 1 is 1.10 bits per heavy atom. The van der Waals surface area contributed by atoms with Crippen LogP contribution in [0.1, 0.15) is 54.0 Å². The van der Waals surface area contributed by atoms with Crippen LogP contribution in [0.3, 0.4) is 0 Å². The number of nitrogens with one attached hydrogen (secondary N) is 1. The van der Waals surface area contributed by atoms with Crippen molar-refractivity contribution in [3.8, 4) is 0 Å². The Morgan fingerprint density at radius 3 is 2.34 bits per heavy atom. The average Bonchev–Trinajstić information content (AvgIpc) is 3.35. The minimum absolute atomic E-state index is 0.374. The number of hydrogen-bond acceptors (Lipinski definition) is 2. The molecule has 0 saturated carbocycles. The van der Waals surface area contributed by atoms with Crippen LogP contribution in [0.5, 0.6) is 0 Å². The smallest absolute Gasteiger partial charge is 0.305 e. The van der Waals surface area contributed by atoms with Gasteiger partial charge in [-0.05, 0) is 86.1 Å². The standard InChI is InChI=1S/C23H29N3O2S/c1-16(13-14-17-7-3-2-4-8-17)29(24,28)26-23(27)25-22-20-11-5-9-18(20)15-19-10-6-12-21(19)22/h2-4,7-8,15-16H,5-6,9-14H2,1H3,(H3,24,25,26,27,28). The van der Waals surface area contributed by atoms with E-state index in [1.165, 1.54) is 22.3 Å². The van der Waals surface area contributed by atoms with E-state index in [1.54, 1.807) is 6.92 Å². The molecule has 2 unspecified atom stereocenters. The van der Waals surface area contributed by atoms with Crippen molar-refractivity contribution < 1.29 is 9.00 Å². The summed E-state index contributed by atoms with van der Waals surface area (Å²) >= 11 is 0. The van der Waals surface area contributed by atoms with Gasteiger partial charge in [0.05, 0.1) is 5.25 Å². The molecule has 0 fully saturated rings. The van der Waals surface area contributed by atoms with Crippen molar-refractivity contribution in [1.82, 2.24) is 0 Å². The fraction of sp³-hybridized carbons (Fsp3) is 0.435. The highest BCUT2D eigenvalue weighted by atomic mass is 32.2. The molecule has 154 valence electrons. The third-order valence-electron chi connectivity index (χ3n) is 6.19. The summed E-state index contributed by atoms with van der Waals surface area (Å²) in [7, 11) is -3.11. The van der Waals surface area contributed by atoms with Crippen molar-refractivity contribution in [3.63, 3.8) is 0 Å². The predicted octanol–water partition coefficient (Wildman–Crippen LogP) is 4.56. The van der Waals surface area contributed by atoms with E-state index < -0.39 is 15.9 Å². The van der Waals surface area contributed by atoms with Gasteiger partial charge in [0.15, 0.2) is 0 Å². The third kappa shape index (κ3) is 4.38. The Morgan fingerprint density at radius 2 is 1.72 bits per heavy atom. The molecular formula is C23H29N3O2S. The van der Waals surface area contributed by atoms with Gasteiger partial charge in [-0.2, -0.15) is 0 Å². The molecule has 6 heteroatoms. The number of carbonyl (C=O) groups excluding carboxylic acids is 1. The predicted molar refractivity (Wildman–Crippen MR) is 118 cm³/mol. The number of rotatable bonds is 5. The zero-order chi connectivity index (χ0) is 20.4. The second kappa shape index (κ2) is 8.28. The monoisotopic (exact) mass is 411 g/mol. The fourth-order valence-electron chi connectivity index (χ4n) is 4.50. The molecule has 0 saturated heterocycles. The first-order valence-corrected chi connectivity index (χ1v) is 12.1. The molecule has 2 aromatic carbocycles. The molecule has 0 radical (unpaired) electrons. The van der Waals surface area contributed by atoms with E-state index in [4.69, 9.17) is 5.14 Å². The van der Waals surface area contributed by atoms with Crippen LogP contribution in [0, 0.1) is 0 Å². The molecule has 2 aromatic rings. The molecule has 2 atom stereocenters. The highest BCUT2D eigenvalue weighted by molar-refractivity contribution is 7.92. The number of fused-ring (bicyclic) bond motifs is 2. The van der Waals surface area contributed by atoms with Crippen LogP contribution < -0.4 is 10.5 Å². The Labute approximate surface area is 173 Å².